The normalized spacial score (nSPS) is 15.6. The summed E-state index contributed by atoms with van der Waals surface area (Å²) >= 11 is 0. The van der Waals surface area contributed by atoms with Crippen LogP contribution in [0.3, 0.4) is 0 Å². The van der Waals surface area contributed by atoms with Gasteiger partial charge in [0.15, 0.2) is 9.84 Å². The lowest BCUT2D eigenvalue weighted by molar-refractivity contribution is -0.117. The molecule has 0 saturated heterocycles. The van der Waals surface area contributed by atoms with Crippen LogP contribution < -0.4 is 10.2 Å². The lowest BCUT2D eigenvalue weighted by Gasteiger charge is -2.21. The van der Waals surface area contributed by atoms with Crippen molar-refractivity contribution in [3.63, 3.8) is 0 Å². The highest BCUT2D eigenvalue weighted by molar-refractivity contribution is 7.91. The molecule has 1 aromatic carbocycles. The van der Waals surface area contributed by atoms with Gasteiger partial charge in [-0.05, 0) is 12.1 Å². The average molecular weight is 296 g/mol. The number of sulfone groups is 1. The molecule has 0 radical (unpaired) electrons. The summed E-state index contributed by atoms with van der Waals surface area (Å²) in [6.45, 7) is 1.50. The van der Waals surface area contributed by atoms with Crippen LogP contribution in [0.15, 0.2) is 24.3 Å². The van der Waals surface area contributed by atoms with E-state index >= 15 is 0 Å². The van der Waals surface area contributed by atoms with E-state index in [-0.39, 0.29) is 36.4 Å². The number of carbonyl (C=O) groups is 2. The second kappa shape index (κ2) is 5.62. The first-order valence-corrected chi connectivity index (χ1v) is 8.15. The monoisotopic (exact) mass is 296 g/mol. The van der Waals surface area contributed by atoms with Crippen molar-refractivity contribution in [1.82, 2.24) is 5.32 Å². The molecule has 0 bridgehead atoms. The standard InChI is InChI=1S/C13H16N2O4S/c1-2-20(18,19)8-7-15-11-6-4-3-5-10(11)13(17)14-9-12(15)16/h3-6H,2,7-9H2,1H3,(H,14,17). The van der Waals surface area contributed by atoms with Gasteiger partial charge in [0, 0.05) is 12.3 Å². The van der Waals surface area contributed by atoms with E-state index in [0.29, 0.717) is 11.3 Å². The third-order valence-corrected chi connectivity index (χ3v) is 4.89. The summed E-state index contributed by atoms with van der Waals surface area (Å²) in [5.74, 6) is -0.713. The van der Waals surface area contributed by atoms with Crippen molar-refractivity contribution in [2.24, 2.45) is 0 Å². The minimum Gasteiger partial charge on any atom is -0.343 e. The number of para-hydroxylation sites is 1. The van der Waals surface area contributed by atoms with Gasteiger partial charge in [-0.25, -0.2) is 8.42 Å². The fourth-order valence-corrected chi connectivity index (χ4v) is 2.75. The number of hydrogen-bond donors (Lipinski definition) is 1. The molecule has 1 heterocycles. The number of amides is 2. The third kappa shape index (κ3) is 2.98. The van der Waals surface area contributed by atoms with Gasteiger partial charge in [-0.3, -0.25) is 9.59 Å². The number of nitrogens with one attached hydrogen (secondary N) is 1. The summed E-state index contributed by atoms with van der Waals surface area (Å²) in [7, 11) is -3.17. The molecular weight excluding hydrogens is 280 g/mol. The number of rotatable bonds is 4. The van der Waals surface area contributed by atoms with Gasteiger partial charge in [0.05, 0.1) is 23.5 Å². The molecule has 0 aliphatic carbocycles. The van der Waals surface area contributed by atoms with Gasteiger partial charge < -0.3 is 10.2 Å². The van der Waals surface area contributed by atoms with Gasteiger partial charge in [0.25, 0.3) is 5.91 Å². The molecule has 0 atom stereocenters. The molecule has 0 fully saturated rings. The fourth-order valence-electron chi connectivity index (χ4n) is 2.00. The quantitative estimate of drug-likeness (QED) is 0.860. The zero-order chi connectivity index (χ0) is 14.8. The summed E-state index contributed by atoms with van der Waals surface area (Å²) in [6, 6.07) is 6.68. The summed E-state index contributed by atoms with van der Waals surface area (Å²) in [5.41, 5.74) is 0.839. The van der Waals surface area contributed by atoms with Crippen molar-refractivity contribution >= 4 is 27.3 Å². The molecule has 6 nitrogen and oxygen atoms in total. The largest absolute Gasteiger partial charge is 0.343 e. The highest BCUT2D eigenvalue weighted by Gasteiger charge is 2.26. The highest BCUT2D eigenvalue weighted by atomic mass is 32.2. The molecule has 2 amide bonds. The van der Waals surface area contributed by atoms with Crippen LogP contribution in [-0.2, 0) is 14.6 Å². The van der Waals surface area contributed by atoms with Crippen LogP contribution in [0.1, 0.15) is 17.3 Å². The van der Waals surface area contributed by atoms with E-state index in [2.05, 4.69) is 5.32 Å². The maximum Gasteiger partial charge on any atom is 0.253 e. The molecule has 20 heavy (non-hydrogen) atoms. The van der Waals surface area contributed by atoms with Gasteiger partial charge in [-0.15, -0.1) is 0 Å². The Labute approximate surface area is 117 Å². The van der Waals surface area contributed by atoms with Gasteiger partial charge in [0.1, 0.15) is 0 Å². The Kier molecular flexibility index (Phi) is 4.08. The number of nitrogens with zero attached hydrogens (tertiary/aromatic N) is 1. The van der Waals surface area contributed by atoms with Crippen LogP contribution in [-0.4, -0.2) is 44.8 Å². The SMILES string of the molecule is CCS(=O)(=O)CCN1C(=O)CNC(=O)c2ccccc21. The lowest BCUT2D eigenvalue weighted by atomic mass is 10.1. The van der Waals surface area contributed by atoms with Gasteiger partial charge >= 0.3 is 0 Å². The lowest BCUT2D eigenvalue weighted by Crippen LogP contribution is -2.39. The first-order chi connectivity index (χ1) is 9.44. The summed E-state index contributed by atoms with van der Waals surface area (Å²) in [6.07, 6.45) is 0. The number of fused-ring (bicyclic) bond motifs is 1. The Morgan fingerprint density at radius 3 is 2.65 bits per heavy atom. The van der Waals surface area contributed by atoms with Crippen LogP contribution in [0.5, 0.6) is 0 Å². The molecule has 1 N–H and O–H groups in total. The Bertz CT molecular complexity index is 640. The van der Waals surface area contributed by atoms with Crippen molar-refractivity contribution in [2.45, 2.75) is 6.92 Å². The molecule has 1 aromatic rings. The van der Waals surface area contributed by atoms with E-state index in [9.17, 15) is 18.0 Å². The molecule has 1 aliphatic rings. The first kappa shape index (κ1) is 14.5. The minimum absolute atomic E-state index is 0.0356. The van der Waals surface area contributed by atoms with Crippen LogP contribution in [0, 0.1) is 0 Å². The van der Waals surface area contributed by atoms with Crippen molar-refractivity contribution in [3.8, 4) is 0 Å². The zero-order valence-corrected chi connectivity index (χ0v) is 11.9. The number of anilines is 1. The van der Waals surface area contributed by atoms with Gasteiger partial charge in [-0.2, -0.15) is 0 Å². The number of carbonyl (C=O) groups excluding carboxylic acids is 2. The van der Waals surface area contributed by atoms with Gasteiger partial charge in [0.2, 0.25) is 5.91 Å². The zero-order valence-electron chi connectivity index (χ0n) is 11.1. The molecule has 7 heteroatoms. The van der Waals surface area contributed by atoms with Crippen LogP contribution >= 0.6 is 0 Å². The summed E-state index contributed by atoms with van der Waals surface area (Å²) in [5, 5.41) is 2.51. The maximum atomic E-state index is 12.0. The van der Waals surface area contributed by atoms with E-state index in [1.165, 1.54) is 4.90 Å². The Morgan fingerprint density at radius 2 is 1.95 bits per heavy atom. The predicted octanol–water partition coefficient (Wildman–Crippen LogP) is 0.198. The van der Waals surface area contributed by atoms with Crippen molar-refractivity contribution in [1.29, 1.82) is 0 Å². The second-order valence-electron chi connectivity index (χ2n) is 4.48. The van der Waals surface area contributed by atoms with Crippen molar-refractivity contribution < 1.29 is 18.0 Å². The minimum atomic E-state index is -3.17. The van der Waals surface area contributed by atoms with Crippen molar-refractivity contribution in [2.75, 3.05) is 29.5 Å². The Morgan fingerprint density at radius 1 is 1.25 bits per heavy atom. The Balaban J connectivity index is 2.33. The van der Waals surface area contributed by atoms with E-state index < -0.39 is 9.84 Å². The Hall–Kier alpha value is -1.89. The van der Waals surface area contributed by atoms with Crippen LogP contribution in [0.4, 0.5) is 5.69 Å². The third-order valence-electron chi connectivity index (χ3n) is 3.21. The summed E-state index contributed by atoms with van der Waals surface area (Å²) < 4.78 is 23.2. The highest BCUT2D eigenvalue weighted by Crippen LogP contribution is 2.22. The fraction of sp³-hybridized carbons (Fsp3) is 0.385. The molecule has 0 aromatic heterocycles. The van der Waals surface area contributed by atoms with Gasteiger partial charge in [-0.1, -0.05) is 19.1 Å². The molecule has 108 valence electrons. The van der Waals surface area contributed by atoms with Crippen molar-refractivity contribution in [3.05, 3.63) is 29.8 Å². The topological polar surface area (TPSA) is 83.6 Å². The molecule has 2 rings (SSSR count). The summed E-state index contributed by atoms with van der Waals surface area (Å²) in [4.78, 5) is 25.3. The molecule has 0 spiro atoms. The molecule has 0 saturated carbocycles. The van der Waals surface area contributed by atoms with Crippen LogP contribution in [0.2, 0.25) is 0 Å². The van der Waals surface area contributed by atoms with E-state index in [0.717, 1.165) is 0 Å². The average Bonchev–Trinajstić information content (AvgIpc) is 2.56. The maximum absolute atomic E-state index is 12.0. The van der Waals surface area contributed by atoms with Crippen LogP contribution in [0.25, 0.3) is 0 Å². The van der Waals surface area contributed by atoms with E-state index in [1.54, 1.807) is 31.2 Å². The number of hydrogen-bond acceptors (Lipinski definition) is 4. The predicted molar refractivity (Wildman–Crippen MR) is 75.5 cm³/mol. The smallest absolute Gasteiger partial charge is 0.253 e. The molecule has 1 aliphatic heterocycles. The van der Waals surface area contributed by atoms with E-state index in [4.69, 9.17) is 0 Å². The molecule has 0 unspecified atom stereocenters. The second-order valence-corrected chi connectivity index (χ2v) is 6.95. The molecular formula is C13H16N2O4S. The number of benzene rings is 1. The first-order valence-electron chi connectivity index (χ1n) is 6.32. The van der Waals surface area contributed by atoms with E-state index in [1.807, 2.05) is 0 Å².